The largest absolute Gasteiger partial charge is 0.516 e. The molecule has 0 unspecified atom stereocenters. The highest BCUT2D eigenvalue weighted by molar-refractivity contribution is 6.61. The van der Waals surface area contributed by atoms with Gasteiger partial charge in [-0.2, -0.15) is 0 Å². The van der Waals surface area contributed by atoms with Gasteiger partial charge >= 0.3 is 7.12 Å². The molecule has 3 heterocycles. The minimum absolute atomic E-state index is 0.0215. The number of hydrogen-bond donors (Lipinski definition) is 0. The normalized spacial score (nSPS) is 26.0. The molecule has 1 fully saturated rings. The summed E-state index contributed by atoms with van der Waals surface area (Å²) in [4.78, 5) is 7.78. The molecule has 110 valence electrons. The smallest absolute Gasteiger partial charge is 0.398 e. The van der Waals surface area contributed by atoms with Crippen molar-refractivity contribution in [2.24, 2.45) is 0 Å². The van der Waals surface area contributed by atoms with E-state index in [4.69, 9.17) is 20.3 Å². The predicted octanol–water partition coefficient (Wildman–Crippen LogP) is 1.87. The third kappa shape index (κ3) is 2.49. The first kappa shape index (κ1) is 7.56. The monoisotopic (exact) mass is 293 g/mol. The highest BCUT2D eigenvalue weighted by Gasteiger charge is 2.52. The van der Waals surface area contributed by atoms with E-state index in [0.717, 1.165) is 4.57 Å². The third-order valence-electron chi connectivity index (χ3n) is 3.76. The average molecular weight is 293 g/mol. The highest BCUT2D eigenvalue weighted by Crippen LogP contribution is 2.36. The molecule has 21 heavy (non-hydrogen) atoms. The highest BCUT2D eigenvalue weighted by atomic mass is 16.7. The molecule has 0 aromatic carbocycles. The molecule has 5 nitrogen and oxygen atoms in total. The number of rotatable bonds is 2. The maximum Gasteiger partial charge on any atom is 0.516 e. The van der Waals surface area contributed by atoms with Crippen molar-refractivity contribution in [3.63, 3.8) is 0 Å². The summed E-state index contributed by atoms with van der Waals surface area (Å²) < 4.78 is 75.6. The van der Waals surface area contributed by atoms with E-state index in [0.29, 0.717) is 0 Å². The molecule has 2 aromatic heterocycles. The molecule has 2 aromatic rings. The lowest BCUT2D eigenvalue weighted by atomic mass is 9.86. The SMILES string of the molecule is [2H]c1nc(-n2c([2H])nc(B3OC(C)(C)C(C)(C)O3)c2[2H])c([2H])c(C([2H])([2H])[2H])c1[2H]. The first-order valence-electron chi connectivity index (χ1n) is 10.5. The van der Waals surface area contributed by atoms with Gasteiger partial charge in [-0.1, -0.05) is 0 Å². The van der Waals surface area contributed by atoms with Crippen LogP contribution in [-0.2, 0) is 9.31 Å². The minimum atomic E-state index is -2.83. The van der Waals surface area contributed by atoms with E-state index in [2.05, 4.69) is 9.97 Å². The Bertz CT molecular complexity index is 973. The quantitative estimate of drug-likeness (QED) is 0.793. The molecule has 1 saturated heterocycles. The molecule has 0 bridgehead atoms. The molecular weight excluding hydrogens is 265 g/mol. The zero-order valence-corrected chi connectivity index (χ0v) is 12.2. The Balaban J connectivity index is 2.18. The molecule has 3 rings (SSSR count). The Labute approximate surface area is 136 Å². The standard InChI is InChI=1S/C15H20BN3O2/c1-11-6-7-17-13(8-11)19-9-12(18-10-19)16-20-14(2,3)15(4,5)21-16/h6-10H,1-5H3/i1D3,6D,7D,8D,9D,10D. The van der Waals surface area contributed by atoms with Crippen molar-refractivity contribution in [2.75, 3.05) is 0 Å². The van der Waals surface area contributed by atoms with Gasteiger partial charge in [-0.05, 0) is 52.2 Å². The summed E-state index contributed by atoms with van der Waals surface area (Å²) in [5.74, 6) is -0.428. The number of nitrogens with zero attached hydrogens (tertiary/aromatic N) is 3. The Morgan fingerprint density at radius 1 is 1.24 bits per heavy atom. The second-order valence-electron chi connectivity index (χ2n) is 5.80. The van der Waals surface area contributed by atoms with Gasteiger partial charge in [0.2, 0.25) is 0 Å². The van der Waals surface area contributed by atoms with E-state index in [1.807, 2.05) is 27.7 Å². The van der Waals surface area contributed by atoms with Crippen LogP contribution in [0.15, 0.2) is 30.7 Å². The zero-order valence-electron chi connectivity index (χ0n) is 20.2. The molecular formula is C15H20BN3O2. The first-order valence-corrected chi connectivity index (χ1v) is 6.48. The summed E-state index contributed by atoms with van der Waals surface area (Å²) in [6.07, 6.45) is -1.54. The van der Waals surface area contributed by atoms with Crippen molar-refractivity contribution in [2.45, 2.75) is 45.7 Å². The summed E-state index contributed by atoms with van der Waals surface area (Å²) in [6.45, 7) is 4.45. The van der Waals surface area contributed by atoms with Crippen molar-refractivity contribution in [3.8, 4) is 5.82 Å². The summed E-state index contributed by atoms with van der Waals surface area (Å²) in [7, 11) is -1.04. The summed E-state index contributed by atoms with van der Waals surface area (Å²) in [5.41, 5.74) is -2.10. The molecule has 1 aliphatic rings. The van der Waals surface area contributed by atoms with Crippen LogP contribution in [0.4, 0.5) is 0 Å². The number of hydrogen-bond acceptors (Lipinski definition) is 4. The molecule has 0 saturated carbocycles. The molecule has 0 radical (unpaired) electrons. The first-order chi connectivity index (χ1) is 13.1. The van der Waals surface area contributed by atoms with Crippen molar-refractivity contribution >= 4 is 12.7 Å². The number of imidazole rings is 1. The van der Waals surface area contributed by atoms with Gasteiger partial charge in [0.15, 0.2) is 0 Å². The lowest BCUT2D eigenvalue weighted by Gasteiger charge is -2.32. The summed E-state index contributed by atoms with van der Waals surface area (Å²) in [5, 5.41) is 0. The van der Waals surface area contributed by atoms with Crippen LogP contribution in [0.3, 0.4) is 0 Å². The molecule has 0 N–H and O–H groups in total. The van der Waals surface area contributed by atoms with Gasteiger partial charge in [0.25, 0.3) is 0 Å². The van der Waals surface area contributed by atoms with Crippen molar-refractivity contribution in [3.05, 3.63) is 36.3 Å². The van der Waals surface area contributed by atoms with E-state index in [9.17, 15) is 0 Å². The number of pyridine rings is 1. The van der Waals surface area contributed by atoms with Crippen LogP contribution < -0.4 is 5.59 Å². The topological polar surface area (TPSA) is 49.2 Å². The van der Waals surface area contributed by atoms with Crippen LogP contribution in [0.5, 0.6) is 0 Å². The Kier molecular flexibility index (Phi) is 1.68. The summed E-state index contributed by atoms with van der Waals surface area (Å²) in [6, 6.07) is -1.35. The predicted molar refractivity (Wildman–Crippen MR) is 81.8 cm³/mol. The van der Waals surface area contributed by atoms with E-state index in [-0.39, 0.29) is 11.8 Å². The third-order valence-corrected chi connectivity index (χ3v) is 3.76. The molecule has 6 heteroatoms. The van der Waals surface area contributed by atoms with Crippen LogP contribution in [0.2, 0.25) is 0 Å². The molecule has 0 aliphatic carbocycles. The zero-order chi connectivity index (χ0) is 22.1. The van der Waals surface area contributed by atoms with E-state index < -0.39 is 61.1 Å². The van der Waals surface area contributed by atoms with Gasteiger partial charge in [-0.15, -0.1) is 0 Å². The minimum Gasteiger partial charge on any atom is -0.398 e. The van der Waals surface area contributed by atoms with E-state index in [1.54, 1.807) is 0 Å². The van der Waals surface area contributed by atoms with Gasteiger partial charge in [-0.3, -0.25) is 4.57 Å². The second kappa shape index (κ2) is 4.68. The maximum absolute atomic E-state index is 8.42. The van der Waals surface area contributed by atoms with Gasteiger partial charge < -0.3 is 9.31 Å². The Hall–Kier alpha value is -1.66. The molecule has 1 aliphatic heterocycles. The lowest BCUT2D eigenvalue weighted by molar-refractivity contribution is 0.00578. The van der Waals surface area contributed by atoms with Crippen molar-refractivity contribution < 1.29 is 20.3 Å². The van der Waals surface area contributed by atoms with Gasteiger partial charge in [-0.25, -0.2) is 9.97 Å². The van der Waals surface area contributed by atoms with Crippen LogP contribution in [0, 0.1) is 6.85 Å². The van der Waals surface area contributed by atoms with E-state index in [1.165, 1.54) is 0 Å². The fourth-order valence-corrected chi connectivity index (χ4v) is 1.84. The number of aromatic nitrogens is 3. The van der Waals surface area contributed by atoms with Gasteiger partial charge in [0, 0.05) is 16.5 Å². The van der Waals surface area contributed by atoms with Crippen molar-refractivity contribution in [1.82, 2.24) is 14.5 Å². The summed E-state index contributed by atoms with van der Waals surface area (Å²) >= 11 is 0. The van der Waals surface area contributed by atoms with Crippen LogP contribution in [0.1, 0.15) is 44.2 Å². The Morgan fingerprint density at radius 2 is 1.95 bits per heavy atom. The van der Waals surface area contributed by atoms with Crippen LogP contribution >= 0.6 is 0 Å². The second-order valence-corrected chi connectivity index (χ2v) is 5.80. The molecule has 0 spiro atoms. The van der Waals surface area contributed by atoms with E-state index >= 15 is 0 Å². The van der Waals surface area contributed by atoms with Crippen molar-refractivity contribution in [1.29, 1.82) is 0 Å². The lowest BCUT2D eigenvalue weighted by Crippen LogP contribution is -2.41. The van der Waals surface area contributed by atoms with Gasteiger partial charge in [0.1, 0.15) is 7.19 Å². The Morgan fingerprint density at radius 3 is 2.62 bits per heavy atom. The average Bonchev–Trinajstić information content (AvgIpc) is 2.94. The van der Waals surface area contributed by atoms with Crippen LogP contribution in [0.25, 0.3) is 5.82 Å². The molecule has 0 atom stereocenters. The fourth-order valence-electron chi connectivity index (χ4n) is 1.84. The van der Waals surface area contributed by atoms with Gasteiger partial charge in [0.05, 0.1) is 28.6 Å². The molecule has 0 amide bonds. The van der Waals surface area contributed by atoms with Crippen LogP contribution in [-0.4, -0.2) is 32.9 Å². The maximum atomic E-state index is 8.42. The fraction of sp³-hybridized carbons (Fsp3) is 0.467.